The molecule has 3 aromatic rings. The summed E-state index contributed by atoms with van der Waals surface area (Å²) in [4.78, 5) is 15.6. The summed E-state index contributed by atoms with van der Waals surface area (Å²) in [6, 6.07) is 13.2. The number of rotatable bonds is 4. The van der Waals surface area contributed by atoms with Crippen molar-refractivity contribution in [3.63, 3.8) is 0 Å². The number of nitrogens with one attached hydrogen (secondary N) is 1. The van der Waals surface area contributed by atoms with E-state index in [2.05, 4.69) is 37.9 Å². The van der Waals surface area contributed by atoms with Gasteiger partial charge in [0, 0.05) is 29.6 Å². The zero-order chi connectivity index (χ0) is 22.2. The van der Waals surface area contributed by atoms with Gasteiger partial charge in [-0.1, -0.05) is 57.9 Å². The van der Waals surface area contributed by atoms with Crippen molar-refractivity contribution in [2.45, 2.75) is 56.8 Å². The van der Waals surface area contributed by atoms with E-state index in [9.17, 15) is 13.2 Å². The number of hydrogen-bond donors (Lipinski definition) is 1. The zero-order valence-corrected chi connectivity index (χ0v) is 19.3. The molecule has 0 atom stereocenters. The highest BCUT2D eigenvalue weighted by Crippen LogP contribution is 2.33. The molecule has 0 spiro atoms. The lowest BCUT2D eigenvalue weighted by atomic mass is 9.86. The van der Waals surface area contributed by atoms with Gasteiger partial charge in [-0.15, -0.1) is 0 Å². The maximum Gasteiger partial charge on any atom is 0.243 e. The van der Waals surface area contributed by atoms with E-state index >= 15 is 0 Å². The molecule has 0 saturated carbocycles. The molecule has 4 rings (SSSR count). The summed E-state index contributed by atoms with van der Waals surface area (Å²) in [5.74, 6) is 0. The third-order valence-corrected chi connectivity index (χ3v) is 8.07. The highest BCUT2D eigenvalue weighted by Gasteiger charge is 2.26. The predicted octanol–water partition coefficient (Wildman–Crippen LogP) is 5.51. The molecule has 0 bridgehead atoms. The smallest absolute Gasteiger partial charge is 0.243 e. The first kappa shape index (κ1) is 21.8. The maximum absolute atomic E-state index is 13.2. The third-order valence-electron chi connectivity index (χ3n) is 6.17. The number of fused-ring (bicyclic) bond motifs is 1. The molecule has 0 amide bonds. The van der Waals surface area contributed by atoms with Crippen molar-refractivity contribution in [1.82, 2.24) is 9.29 Å². The summed E-state index contributed by atoms with van der Waals surface area (Å²) < 4.78 is 28.0. The summed E-state index contributed by atoms with van der Waals surface area (Å²) in [6.07, 6.45) is 4.72. The number of carbonyl (C=O) groups excluding carboxylic acids is 1. The van der Waals surface area contributed by atoms with Gasteiger partial charge in [0.05, 0.1) is 10.6 Å². The highest BCUT2D eigenvalue weighted by molar-refractivity contribution is 7.89. The molecule has 6 heteroatoms. The van der Waals surface area contributed by atoms with Crippen LogP contribution in [0.3, 0.4) is 0 Å². The molecule has 1 aromatic heterocycles. The van der Waals surface area contributed by atoms with Crippen molar-refractivity contribution < 1.29 is 13.2 Å². The van der Waals surface area contributed by atoms with Gasteiger partial charge in [-0.3, -0.25) is 4.79 Å². The van der Waals surface area contributed by atoms with Gasteiger partial charge in [-0.05, 0) is 47.6 Å². The molecule has 2 heterocycles. The van der Waals surface area contributed by atoms with Crippen molar-refractivity contribution >= 4 is 27.2 Å². The Bertz CT molecular complexity index is 1190. The molecule has 2 aromatic carbocycles. The first-order chi connectivity index (χ1) is 14.7. The average Bonchev–Trinajstić information content (AvgIpc) is 2.89. The number of carbonyl (C=O) groups is 1. The van der Waals surface area contributed by atoms with Crippen molar-refractivity contribution in [3.8, 4) is 11.3 Å². The number of benzene rings is 2. The van der Waals surface area contributed by atoms with Crippen LogP contribution in [-0.2, 0) is 15.4 Å². The minimum atomic E-state index is -3.58. The summed E-state index contributed by atoms with van der Waals surface area (Å²) >= 11 is 0. The SMILES string of the molecule is CC(C)(C)c1ccc(-c2[nH]c3ccc(S(=O)(=O)N4CCCCCC4)cc3c2C=O)cc1. The average molecular weight is 439 g/mol. The Hall–Kier alpha value is -2.44. The lowest BCUT2D eigenvalue weighted by molar-refractivity contribution is 0.112. The van der Waals surface area contributed by atoms with Crippen LogP contribution >= 0.6 is 0 Å². The molecular formula is C25H30N2O3S. The first-order valence-corrected chi connectivity index (χ1v) is 12.4. The quantitative estimate of drug-likeness (QED) is 0.546. The van der Waals surface area contributed by atoms with Gasteiger partial charge in [0.2, 0.25) is 10.0 Å². The van der Waals surface area contributed by atoms with Crippen LogP contribution in [0.1, 0.15) is 62.4 Å². The van der Waals surface area contributed by atoms with Crippen molar-refractivity contribution in [2.75, 3.05) is 13.1 Å². The third kappa shape index (κ3) is 4.19. The summed E-state index contributed by atoms with van der Waals surface area (Å²) in [5.41, 5.74) is 4.13. The monoisotopic (exact) mass is 438 g/mol. The van der Waals surface area contributed by atoms with Crippen LogP contribution in [0, 0.1) is 0 Å². The molecule has 0 radical (unpaired) electrons. The molecular weight excluding hydrogens is 408 g/mol. The standard InChI is InChI=1S/C25H30N2O3S/c1-25(2,3)19-10-8-18(9-11-19)24-22(17-28)21-16-20(12-13-23(21)26-24)31(29,30)27-14-6-4-5-7-15-27/h8-13,16-17,26H,4-7,14-15H2,1-3H3. The molecule has 0 unspecified atom stereocenters. The van der Waals surface area contributed by atoms with Gasteiger partial charge in [-0.25, -0.2) is 8.42 Å². The van der Waals surface area contributed by atoms with E-state index in [4.69, 9.17) is 0 Å². The molecule has 1 saturated heterocycles. The minimum Gasteiger partial charge on any atom is -0.354 e. The lowest BCUT2D eigenvalue weighted by Gasteiger charge is -2.20. The Labute approximate surface area is 184 Å². The predicted molar refractivity (Wildman–Crippen MR) is 125 cm³/mol. The number of nitrogens with zero attached hydrogens (tertiary/aromatic N) is 1. The van der Waals surface area contributed by atoms with Gasteiger partial charge in [0.25, 0.3) is 0 Å². The van der Waals surface area contributed by atoms with Gasteiger partial charge < -0.3 is 4.98 Å². The number of sulfonamides is 1. The van der Waals surface area contributed by atoms with Gasteiger partial charge in [-0.2, -0.15) is 4.31 Å². The second-order valence-electron chi connectivity index (χ2n) is 9.38. The number of H-pyrrole nitrogens is 1. The normalized spacial score (nSPS) is 16.4. The molecule has 1 aliphatic rings. The summed E-state index contributed by atoms with van der Waals surface area (Å²) in [7, 11) is -3.58. The van der Waals surface area contributed by atoms with Crippen molar-refractivity contribution in [3.05, 3.63) is 53.6 Å². The number of aldehydes is 1. The molecule has 31 heavy (non-hydrogen) atoms. The zero-order valence-electron chi connectivity index (χ0n) is 18.4. The molecule has 1 aliphatic heterocycles. The molecule has 0 aliphatic carbocycles. The highest BCUT2D eigenvalue weighted by atomic mass is 32.2. The van der Waals surface area contributed by atoms with Gasteiger partial charge >= 0.3 is 0 Å². The van der Waals surface area contributed by atoms with Crippen LogP contribution in [0.4, 0.5) is 0 Å². The van der Waals surface area contributed by atoms with Crippen molar-refractivity contribution in [1.29, 1.82) is 0 Å². The largest absolute Gasteiger partial charge is 0.354 e. The van der Waals surface area contributed by atoms with E-state index in [0.29, 0.717) is 24.0 Å². The lowest BCUT2D eigenvalue weighted by Crippen LogP contribution is -2.31. The first-order valence-electron chi connectivity index (χ1n) is 10.9. The topological polar surface area (TPSA) is 70.2 Å². The second kappa shape index (κ2) is 8.24. The van der Waals surface area contributed by atoms with Gasteiger partial charge in [0.1, 0.15) is 0 Å². The van der Waals surface area contributed by atoms with Crippen molar-refractivity contribution in [2.24, 2.45) is 0 Å². The maximum atomic E-state index is 13.2. The van der Waals surface area contributed by atoms with Crippen LogP contribution in [-0.4, -0.2) is 37.1 Å². The van der Waals surface area contributed by atoms with E-state index in [1.165, 1.54) is 5.56 Å². The van der Waals surface area contributed by atoms with E-state index < -0.39 is 10.0 Å². The Morgan fingerprint density at radius 1 is 0.935 bits per heavy atom. The molecule has 5 nitrogen and oxygen atoms in total. The van der Waals surface area contributed by atoms with E-state index in [1.54, 1.807) is 22.5 Å². The molecule has 1 fully saturated rings. The second-order valence-corrected chi connectivity index (χ2v) is 11.3. The fraction of sp³-hybridized carbons (Fsp3) is 0.400. The Kier molecular flexibility index (Phi) is 5.79. The summed E-state index contributed by atoms with van der Waals surface area (Å²) in [5, 5.41) is 0.640. The van der Waals surface area contributed by atoms with E-state index in [0.717, 1.165) is 48.7 Å². The van der Waals surface area contributed by atoms with E-state index in [-0.39, 0.29) is 10.3 Å². The minimum absolute atomic E-state index is 0.0447. The fourth-order valence-corrected chi connectivity index (χ4v) is 5.81. The molecule has 1 N–H and O–H groups in total. The van der Waals surface area contributed by atoms with Crippen LogP contribution < -0.4 is 0 Å². The Morgan fingerprint density at radius 2 is 1.58 bits per heavy atom. The van der Waals surface area contributed by atoms with E-state index in [1.807, 2.05) is 12.1 Å². The summed E-state index contributed by atoms with van der Waals surface area (Å²) in [6.45, 7) is 7.59. The Balaban J connectivity index is 1.76. The Morgan fingerprint density at radius 3 is 2.16 bits per heavy atom. The molecule has 164 valence electrons. The van der Waals surface area contributed by atoms with Crippen LogP contribution in [0.25, 0.3) is 22.2 Å². The number of aromatic nitrogens is 1. The number of aromatic amines is 1. The fourth-order valence-electron chi connectivity index (χ4n) is 4.27. The van der Waals surface area contributed by atoms with Crippen LogP contribution in [0.15, 0.2) is 47.4 Å². The van der Waals surface area contributed by atoms with Gasteiger partial charge in [0.15, 0.2) is 6.29 Å². The van der Waals surface area contributed by atoms with Crippen LogP contribution in [0.2, 0.25) is 0 Å². The van der Waals surface area contributed by atoms with Crippen LogP contribution in [0.5, 0.6) is 0 Å². The number of hydrogen-bond acceptors (Lipinski definition) is 3.